The number of amidine groups is 1. The third-order valence-corrected chi connectivity index (χ3v) is 2.59. The highest BCUT2D eigenvalue weighted by atomic mass is 16.4. The zero-order valence-electron chi connectivity index (χ0n) is 10.3. The summed E-state index contributed by atoms with van der Waals surface area (Å²) in [5, 5.41) is 14.2. The van der Waals surface area contributed by atoms with E-state index in [0.717, 1.165) is 5.56 Å². The molecule has 0 spiro atoms. The predicted octanol–water partition coefficient (Wildman–Crippen LogP) is 1.93. The fourth-order valence-electron chi connectivity index (χ4n) is 1.61. The van der Waals surface area contributed by atoms with E-state index in [4.69, 9.17) is 15.4 Å². The lowest BCUT2D eigenvalue weighted by molar-refractivity contribution is 0.0996. The normalized spacial score (nSPS) is 11.3. The first-order valence-electron chi connectivity index (χ1n) is 5.55. The van der Waals surface area contributed by atoms with Gasteiger partial charge < -0.3 is 20.7 Å². The molecule has 1 heterocycles. The summed E-state index contributed by atoms with van der Waals surface area (Å²) in [5.41, 5.74) is 7.28. The van der Waals surface area contributed by atoms with Gasteiger partial charge in [-0.2, -0.15) is 0 Å². The molecule has 0 aliphatic carbocycles. The molecule has 0 bridgehead atoms. The first kappa shape index (κ1) is 12.7. The van der Waals surface area contributed by atoms with Gasteiger partial charge in [0.25, 0.3) is 5.91 Å². The predicted molar refractivity (Wildman–Crippen MR) is 70.4 cm³/mol. The van der Waals surface area contributed by atoms with Crippen molar-refractivity contribution in [2.45, 2.75) is 6.92 Å². The molecule has 2 rings (SSSR count). The Hall–Kier alpha value is -2.76. The SMILES string of the molecule is Cc1ccoc1C(=O)Nc1cccc(/C(N)=N/O)c1. The van der Waals surface area contributed by atoms with Gasteiger partial charge in [0.05, 0.1) is 6.26 Å². The summed E-state index contributed by atoms with van der Waals surface area (Å²) >= 11 is 0. The molecule has 0 radical (unpaired) electrons. The molecule has 0 fully saturated rings. The lowest BCUT2D eigenvalue weighted by Crippen LogP contribution is -2.15. The van der Waals surface area contributed by atoms with Crippen molar-refractivity contribution in [2.24, 2.45) is 10.9 Å². The summed E-state index contributed by atoms with van der Waals surface area (Å²) in [4.78, 5) is 11.9. The van der Waals surface area contributed by atoms with E-state index in [0.29, 0.717) is 11.3 Å². The molecule has 0 saturated heterocycles. The van der Waals surface area contributed by atoms with E-state index in [1.54, 1.807) is 37.3 Å². The molecule has 1 aromatic heterocycles. The first-order valence-corrected chi connectivity index (χ1v) is 5.55. The number of aryl methyl sites for hydroxylation is 1. The number of nitrogens with two attached hydrogens (primary N) is 1. The molecular weight excluding hydrogens is 246 g/mol. The van der Waals surface area contributed by atoms with E-state index in [-0.39, 0.29) is 17.5 Å². The van der Waals surface area contributed by atoms with Crippen molar-refractivity contribution in [3.8, 4) is 0 Å². The molecule has 4 N–H and O–H groups in total. The smallest absolute Gasteiger partial charge is 0.291 e. The van der Waals surface area contributed by atoms with E-state index in [1.165, 1.54) is 6.26 Å². The summed E-state index contributed by atoms with van der Waals surface area (Å²) < 4.78 is 5.10. The Morgan fingerprint density at radius 1 is 1.42 bits per heavy atom. The second-order valence-corrected chi connectivity index (χ2v) is 3.95. The van der Waals surface area contributed by atoms with Crippen LogP contribution in [-0.4, -0.2) is 17.0 Å². The molecule has 98 valence electrons. The van der Waals surface area contributed by atoms with E-state index < -0.39 is 0 Å². The highest BCUT2D eigenvalue weighted by Gasteiger charge is 2.13. The third kappa shape index (κ3) is 2.74. The number of oxime groups is 1. The molecule has 1 amide bonds. The number of hydrogen-bond acceptors (Lipinski definition) is 4. The standard InChI is InChI=1S/C13H13N3O3/c1-8-5-6-19-11(8)13(17)15-10-4-2-3-9(7-10)12(14)16-18/h2-7,18H,1H3,(H2,14,16)(H,15,17). The van der Waals surface area contributed by atoms with Crippen LogP contribution in [-0.2, 0) is 0 Å². The Balaban J connectivity index is 2.20. The second-order valence-electron chi connectivity index (χ2n) is 3.95. The van der Waals surface area contributed by atoms with Crippen molar-refractivity contribution in [3.05, 3.63) is 53.5 Å². The lowest BCUT2D eigenvalue weighted by atomic mass is 10.2. The van der Waals surface area contributed by atoms with Crippen molar-refractivity contribution < 1.29 is 14.4 Å². The van der Waals surface area contributed by atoms with Gasteiger partial charge in [0.1, 0.15) is 0 Å². The Morgan fingerprint density at radius 3 is 2.84 bits per heavy atom. The van der Waals surface area contributed by atoms with Crippen molar-refractivity contribution >= 4 is 17.4 Å². The minimum Gasteiger partial charge on any atom is -0.459 e. The summed E-state index contributed by atoms with van der Waals surface area (Å²) in [6.07, 6.45) is 1.46. The Morgan fingerprint density at radius 2 is 2.21 bits per heavy atom. The number of carbonyl (C=O) groups is 1. The van der Waals surface area contributed by atoms with Crippen molar-refractivity contribution in [1.82, 2.24) is 0 Å². The summed E-state index contributed by atoms with van der Waals surface area (Å²) in [5.74, 6) is -0.112. The minimum absolute atomic E-state index is 0.0229. The van der Waals surface area contributed by atoms with E-state index >= 15 is 0 Å². The van der Waals surface area contributed by atoms with Crippen LogP contribution < -0.4 is 11.1 Å². The van der Waals surface area contributed by atoms with Crippen molar-refractivity contribution in [3.63, 3.8) is 0 Å². The second kappa shape index (κ2) is 5.26. The van der Waals surface area contributed by atoms with E-state index in [9.17, 15) is 4.79 Å². The summed E-state index contributed by atoms with van der Waals surface area (Å²) in [6.45, 7) is 1.78. The van der Waals surface area contributed by atoms with Crippen LogP contribution in [0.2, 0.25) is 0 Å². The van der Waals surface area contributed by atoms with Gasteiger partial charge in [-0.3, -0.25) is 4.79 Å². The third-order valence-electron chi connectivity index (χ3n) is 2.59. The fourth-order valence-corrected chi connectivity index (χ4v) is 1.61. The van der Waals surface area contributed by atoms with Crippen LogP contribution in [0.25, 0.3) is 0 Å². The number of benzene rings is 1. The molecular formula is C13H13N3O3. The van der Waals surface area contributed by atoms with Crippen molar-refractivity contribution in [2.75, 3.05) is 5.32 Å². The molecule has 1 aromatic carbocycles. The lowest BCUT2D eigenvalue weighted by Gasteiger charge is -2.06. The highest BCUT2D eigenvalue weighted by Crippen LogP contribution is 2.14. The largest absolute Gasteiger partial charge is 0.459 e. The van der Waals surface area contributed by atoms with Gasteiger partial charge in [-0.05, 0) is 25.1 Å². The van der Waals surface area contributed by atoms with Crippen LogP contribution in [0.15, 0.2) is 46.2 Å². The number of nitrogens with one attached hydrogen (secondary N) is 1. The Bertz CT molecular complexity index is 632. The molecule has 6 nitrogen and oxygen atoms in total. The van der Waals surface area contributed by atoms with Crippen LogP contribution in [0.4, 0.5) is 5.69 Å². The molecule has 6 heteroatoms. The highest BCUT2D eigenvalue weighted by molar-refractivity contribution is 6.04. The molecule has 0 atom stereocenters. The average Bonchev–Trinajstić information content (AvgIpc) is 2.84. The summed E-state index contributed by atoms with van der Waals surface area (Å²) in [7, 11) is 0. The number of amides is 1. The topological polar surface area (TPSA) is 101 Å². The van der Waals surface area contributed by atoms with Crippen LogP contribution in [0.3, 0.4) is 0 Å². The number of furan rings is 1. The zero-order valence-corrected chi connectivity index (χ0v) is 10.3. The van der Waals surface area contributed by atoms with Crippen LogP contribution in [0.5, 0.6) is 0 Å². The van der Waals surface area contributed by atoms with E-state index in [2.05, 4.69) is 10.5 Å². The fraction of sp³-hybridized carbons (Fsp3) is 0.0769. The van der Waals surface area contributed by atoms with Gasteiger partial charge >= 0.3 is 0 Å². The first-order chi connectivity index (χ1) is 9.11. The maximum atomic E-state index is 11.9. The monoisotopic (exact) mass is 259 g/mol. The molecule has 0 aliphatic rings. The van der Waals surface area contributed by atoms with Crippen LogP contribution >= 0.6 is 0 Å². The molecule has 19 heavy (non-hydrogen) atoms. The van der Waals surface area contributed by atoms with Gasteiger partial charge in [0.2, 0.25) is 0 Å². The van der Waals surface area contributed by atoms with Crippen LogP contribution in [0, 0.1) is 6.92 Å². The number of rotatable bonds is 3. The number of carbonyl (C=O) groups excluding carboxylic acids is 1. The number of anilines is 1. The van der Waals surface area contributed by atoms with Gasteiger partial charge in [0.15, 0.2) is 11.6 Å². The zero-order chi connectivity index (χ0) is 13.8. The minimum atomic E-state index is -0.348. The van der Waals surface area contributed by atoms with Gasteiger partial charge in [-0.1, -0.05) is 17.3 Å². The maximum absolute atomic E-state index is 11.9. The number of hydrogen-bond donors (Lipinski definition) is 3. The molecule has 0 aliphatic heterocycles. The molecule has 0 unspecified atom stereocenters. The number of nitrogens with zero attached hydrogens (tertiary/aromatic N) is 1. The molecule has 2 aromatic rings. The van der Waals surface area contributed by atoms with Gasteiger partial charge in [-0.25, -0.2) is 0 Å². The van der Waals surface area contributed by atoms with Gasteiger partial charge in [0, 0.05) is 16.8 Å². The molecule has 0 saturated carbocycles. The van der Waals surface area contributed by atoms with Crippen molar-refractivity contribution in [1.29, 1.82) is 0 Å². The Labute approximate surface area is 109 Å². The van der Waals surface area contributed by atoms with Crippen LogP contribution in [0.1, 0.15) is 21.7 Å². The Kier molecular flexibility index (Phi) is 3.51. The van der Waals surface area contributed by atoms with E-state index in [1.807, 2.05) is 0 Å². The summed E-state index contributed by atoms with van der Waals surface area (Å²) in [6, 6.07) is 8.37. The van der Waals surface area contributed by atoms with Gasteiger partial charge in [-0.15, -0.1) is 0 Å². The maximum Gasteiger partial charge on any atom is 0.291 e. The quantitative estimate of drug-likeness (QED) is 0.339. The average molecular weight is 259 g/mol.